The number of carboxylic acids is 1. The largest absolute Gasteiger partial charge is 0.477 e. The quantitative estimate of drug-likeness (QED) is 0.586. The molecule has 0 bridgehead atoms. The van der Waals surface area contributed by atoms with Gasteiger partial charge in [-0.1, -0.05) is 0 Å². The van der Waals surface area contributed by atoms with Crippen molar-refractivity contribution in [2.24, 2.45) is 4.02 Å². The molecule has 0 spiro atoms. The standard InChI is InChI=1S/C3H4BrNO2/c1-2(5-4)3(6)7/h1H3,(H,6,7)/b5-2-. The van der Waals surface area contributed by atoms with Crippen LogP contribution in [0.2, 0.25) is 0 Å². The maximum absolute atomic E-state index is 9.77. The molecule has 0 aromatic carbocycles. The molecule has 0 aliphatic carbocycles. The average molecular weight is 166 g/mol. The lowest BCUT2D eigenvalue weighted by Crippen LogP contribution is -2.05. The minimum absolute atomic E-state index is 0.0556. The van der Waals surface area contributed by atoms with Crippen LogP contribution < -0.4 is 0 Å². The van der Waals surface area contributed by atoms with Gasteiger partial charge in [-0.15, -0.1) is 0 Å². The van der Waals surface area contributed by atoms with Crippen LogP contribution in [-0.2, 0) is 4.79 Å². The normalized spacial score (nSPS) is 11.4. The second-order valence-electron chi connectivity index (χ2n) is 0.975. The highest BCUT2D eigenvalue weighted by molar-refractivity contribution is 9.08. The molecule has 0 atom stereocenters. The summed E-state index contributed by atoms with van der Waals surface area (Å²) in [5.74, 6) is -1.00. The smallest absolute Gasteiger partial charge is 0.350 e. The molecule has 0 aromatic rings. The molecule has 3 nitrogen and oxygen atoms in total. The fourth-order valence-electron chi connectivity index (χ4n) is 0.0361. The molecule has 0 amide bonds. The molecular formula is C3H4BrNO2. The first kappa shape index (κ1) is 6.62. The van der Waals surface area contributed by atoms with Crippen LogP contribution in [0, 0.1) is 0 Å². The van der Waals surface area contributed by atoms with Gasteiger partial charge in [0.25, 0.3) is 0 Å². The van der Waals surface area contributed by atoms with Crippen molar-refractivity contribution in [2.75, 3.05) is 0 Å². The summed E-state index contributed by atoms with van der Waals surface area (Å²) in [4.78, 5) is 9.77. The third-order valence-electron chi connectivity index (χ3n) is 0.436. The molecule has 4 heteroatoms. The summed E-state index contributed by atoms with van der Waals surface area (Å²) in [6, 6.07) is 0. The molecule has 0 rings (SSSR count). The van der Waals surface area contributed by atoms with Crippen molar-refractivity contribution in [1.82, 2.24) is 0 Å². The minimum atomic E-state index is -1.00. The van der Waals surface area contributed by atoms with Gasteiger partial charge in [-0.05, 0) is 6.92 Å². The Hall–Kier alpha value is -0.380. The zero-order valence-corrected chi connectivity index (χ0v) is 5.27. The highest BCUT2D eigenvalue weighted by Crippen LogP contribution is 1.83. The Bertz CT molecular complexity index is 110. The first-order valence-electron chi connectivity index (χ1n) is 1.57. The van der Waals surface area contributed by atoms with E-state index >= 15 is 0 Å². The number of halogens is 1. The Balaban J connectivity index is 3.82. The van der Waals surface area contributed by atoms with Gasteiger partial charge in [-0.2, -0.15) is 0 Å². The summed E-state index contributed by atoms with van der Waals surface area (Å²) in [5, 5.41) is 8.02. The molecule has 0 radical (unpaired) electrons. The average Bonchev–Trinajstić information content (AvgIpc) is 1.65. The Morgan fingerprint density at radius 1 is 1.86 bits per heavy atom. The summed E-state index contributed by atoms with van der Waals surface area (Å²) in [6.45, 7) is 1.40. The molecule has 0 saturated heterocycles. The van der Waals surface area contributed by atoms with E-state index in [2.05, 4.69) is 20.2 Å². The number of carbonyl (C=O) groups is 1. The maximum atomic E-state index is 9.77. The van der Waals surface area contributed by atoms with E-state index in [-0.39, 0.29) is 5.71 Å². The molecule has 0 aliphatic heterocycles. The van der Waals surface area contributed by atoms with Crippen molar-refractivity contribution >= 4 is 27.8 Å². The van der Waals surface area contributed by atoms with Crippen LogP contribution in [0.1, 0.15) is 6.92 Å². The Kier molecular flexibility index (Phi) is 2.59. The number of hydrogen-bond donors (Lipinski definition) is 1. The number of rotatable bonds is 1. The van der Waals surface area contributed by atoms with Crippen molar-refractivity contribution in [1.29, 1.82) is 0 Å². The van der Waals surface area contributed by atoms with Gasteiger partial charge in [0.2, 0.25) is 0 Å². The van der Waals surface area contributed by atoms with Crippen molar-refractivity contribution in [3.63, 3.8) is 0 Å². The van der Waals surface area contributed by atoms with Crippen LogP contribution in [0.5, 0.6) is 0 Å². The molecule has 40 valence electrons. The predicted molar refractivity (Wildman–Crippen MR) is 29.7 cm³/mol. The van der Waals surface area contributed by atoms with Gasteiger partial charge in [0.15, 0.2) is 0 Å². The van der Waals surface area contributed by atoms with E-state index in [0.29, 0.717) is 0 Å². The van der Waals surface area contributed by atoms with Crippen LogP contribution in [0.25, 0.3) is 0 Å². The lowest BCUT2D eigenvalue weighted by Gasteiger charge is -1.81. The second kappa shape index (κ2) is 2.74. The van der Waals surface area contributed by atoms with Crippen molar-refractivity contribution < 1.29 is 9.90 Å². The van der Waals surface area contributed by atoms with E-state index in [9.17, 15) is 4.79 Å². The van der Waals surface area contributed by atoms with Crippen LogP contribution in [0.15, 0.2) is 4.02 Å². The summed E-state index contributed by atoms with van der Waals surface area (Å²) in [5.41, 5.74) is 0.0556. The zero-order valence-electron chi connectivity index (χ0n) is 3.68. The number of hydrogen-bond acceptors (Lipinski definition) is 2. The maximum Gasteiger partial charge on any atom is 0.350 e. The minimum Gasteiger partial charge on any atom is -0.477 e. The van der Waals surface area contributed by atoms with Crippen LogP contribution >= 0.6 is 16.1 Å². The van der Waals surface area contributed by atoms with E-state index in [1.54, 1.807) is 0 Å². The third-order valence-corrected chi connectivity index (χ3v) is 0.968. The van der Waals surface area contributed by atoms with Gasteiger partial charge in [0.05, 0.1) is 16.1 Å². The predicted octanol–water partition coefficient (Wildman–Crippen LogP) is 0.842. The molecule has 0 unspecified atom stereocenters. The highest BCUT2D eigenvalue weighted by Gasteiger charge is 1.97. The summed E-state index contributed by atoms with van der Waals surface area (Å²) in [7, 11) is 0. The Labute approximate surface area is 49.4 Å². The Morgan fingerprint density at radius 2 is 2.29 bits per heavy atom. The fraction of sp³-hybridized carbons (Fsp3) is 0.333. The first-order valence-corrected chi connectivity index (χ1v) is 2.28. The van der Waals surface area contributed by atoms with Crippen LogP contribution in [0.3, 0.4) is 0 Å². The summed E-state index contributed by atoms with van der Waals surface area (Å²) < 4.78 is 3.22. The van der Waals surface area contributed by atoms with E-state index < -0.39 is 5.97 Å². The molecule has 0 saturated carbocycles. The van der Waals surface area contributed by atoms with Crippen molar-refractivity contribution in [3.05, 3.63) is 0 Å². The van der Waals surface area contributed by atoms with Crippen LogP contribution in [0.4, 0.5) is 0 Å². The first-order chi connectivity index (χ1) is 3.18. The summed E-state index contributed by atoms with van der Waals surface area (Å²) in [6.07, 6.45) is 0. The van der Waals surface area contributed by atoms with E-state index in [4.69, 9.17) is 5.11 Å². The monoisotopic (exact) mass is 165 g/mol. The van der Waals surface area contributed by atoms with Gasteiger partial charge < -0.3 is 5.11 Å². The van der Waals surface area contributed by atoms with Gasteiger partial charge in [0.1, 0.15) is 5.71 Å². The highest BCUT2D eigenvalue weighted by atomic mass is 79.9. The number of aliphatic carboxylic acids is 1. The number of nitrogens with zero attached hydrogens (tertiary/aromatic N) is 1. The Morgan fingerprint density at radius 3 is 2.29 bits per heavy atom. The molecule has 0 aromatic heterocycles. The van der Waals surface area contributed by atoms with Crippen molar-refractivity contribution in [2.45, 2.75) is 6.92 Å². The zero-order chi connectivity index (χ0) is 5.86. The van der Waals surface area contributed by atoms with Crippen molar-refractivity contribution in [3.8, 4) is 0 Å². The summed E-state index contributed by atoms with van der Waals surface area (Å²) >= 11 is 2.62. The topological polar surface area (TPSA) is 49.7 Å². The molecule has 1 N–H and O–H groups in total. The lowest BCUT2D eigenvalue weighted by molar-refractivity contribution is -0.129. The molecular weight excluding hydrogens is 162 g/mol. The van der Waals surface area contributed by atoms with Gasteiger partial charge in [-0.25, -0.2) is 8.81 Å². The molecule has 0 fully saturated rings. The van der Waals surface area contributed by atoms with Crippen LogP contribution in [-0.4, -0.2) is 16.8 Å². The number of carboxylic acid groups (broad SMARTS) is 1. The van der Waals surface area contributed by atoms with E-state index in [1.807, 2.05) is 0 Å². The van der Waals surface area contributed by atoms with E-state index in [0.717, 1.165) is 0 Å². The van der Waals surface area contributed by atoms with Gasteiger partial charge in [-0.3, -0.25) is 0 Å². The second-order valence-corrected chi connectivity index (χ2v) is 1.33. The molecule has 0 aliphatic rings. The van der Waals surface area contributed by atoms with Gasteiger partial charge >= 0.3 is 5.97 Å². The molecule has 7 heavy (non-hydrogen) atoms. The SMILES string of the molecule is C/C(=N/Br)C(=O)O. The lowest BCUT2D eigenvalue weighted by atomic mass is 10.5. The fourth-order valence-corrected chi connectivity index (χ4v) is 0.188. The van der Waals surface area contributed by atoms with E-state index in [1.165, 1.54) is 6.92 Å². The van der Waals surface area contributed by atoms with Gasteiger partial charge in [0, 0.05) is 0 Å². The molecule has 0 heterocycles. The third kappa shape index (κ3) is 2.33.